The number of rotatable bonds is 21. The molecule has 62 heavy (non-hydrogen) atoms. The number of hydrogen-bond acceptors (Lipinski definition) is 12. The Morgan fingerprint density at radius 1 is 1.00 bits per heavy atom. The summed E-state index contributed by atoms with van der Waals surface area (Å²) in [5.74, 6) is -4.18. The average Bonchev–Trinajstić information content (AvgIpc) is 3.93. The maximum absolute atomic E-state index is 14.0. The first kappa shape index (κ1) is 44.3. The van der Waals surface area contributed by atoms with Crippen LogP contribution >= 0.6 is 0 Å². The van der Waals surface area contributed by atoms with E-state index in [9.17, 15) is 36.7 Å². The van der Waals surface area contributed by atoms with Gasteiger partial charge in [0, 0.05) is 45.4 Å². The van der Waals surface area contributed by atoms with Gasteiger partial charge in [0.05, 0.1) is 82.3 Å². The Labute approximate surface area is 352 Å². The lowest BCUT2D eigenvalue weighted by Crippen LogP contribution is -2.44. The van der Waals surface area contributed by atoms with Gasteiger partial charge < -0.3 is 29.2 Å². The SMILES string of the molecule is Cn1c(=O)n(C2CCC(=O)NC2=O)c2cccc(CCCOCCOCCOCCOCCn3cc(NC(=O)c4cnn5ccc(N6CCCC(F)(F)C6)nc45)c(C(F)F)n3)c21. The van der Waals surface area contributed by atoms with Crippen LogP contribution in [0, 0.1) is 0 Å². The van der Waals surface area contributed by atoms with Crippen molar-refractivity contribution in [3.8, 4) is 0 Å². The lowest BCUT2D eigenvalue weighted by molar-refractivity contribution is -0.135. The molecule has 3 amide bonds. The van der Waals surface area contributed by atoms with E-state index in [4.69, 9.17) is 18.9 Å². The summed E-state index contributed by atoms with van der Waals surface area (Å²) in [6.45, 7) is 2.51. The van der Waals surface area contributed by atoms with Crippen LogP contribution in [0.25, 0.3) is 16.7 Å². The fourth-order valence-corrected chi connectivity index (χ4v) is 7.59. The standard InChI is InChI=1S/C40H48F4N10O8/c1-50-34-26(5-2-7-29(34)54(39(50)58)30-8-9-32(55)48-38(30)57)6-3-15-59-17-19-61-21-22-62-20-18-60-16-14-52-24-28(33(49-52)35(41)42)46-37(56)27-23-45-53-13-10-31(47-36(27)53)51-12-4-11-40(43,44)25-51/h2,5,7,10,13,23-24,30,35H,3-4,6,8-9,11-12,14-22,25H2,1H3,(H,46,56)(H,48,55,57). The molecule has 2 aliphatic rings. The smallest absolute Gasteiger partial charge is 0.329 e. The first-order valence-corrected chi connectivity index (χ1v) is 20.4. The van der Waals surface area contributed by atoms with Gasteiger partial charge >= 0.3 is 5.69 Å². The van der Waals surface area contributed by atoms with Crippen molar-refractivity contribution in [2.45, 2.75) is 63.5 Å². The number of imide groups is 1. The van der Waals surface area contributed by atoms with Crippen molar-refractivity contribution in [3.05, 3.63) is 70.2 Å². The van der Waals surface area contributed by atoms with Crippen LogP contribution in [0.3, 0.4) is 0 Å². The number of carbonyl (C=O) groups excluding carboxylic acids is 3. The number of ether oxygens (including phenoxy) is 4. The highest BCUT2D eigenvalue weighted by Gasteiger charge is 2.36. The van der Waals surface area contributed by atoms with Gasteiger partial charge in [-0.25, -0.2) is 31.9 Å². The number of benzene rings is 1. The molecule has 2 aliphatic heterocycles. The zero-order valence-electron chi connectivity index (χ0n) is 34.1. The van der Waals surface area contributed by atoms with E-state index in [0.29, 0.717) is 57.9 Å². The van der Waals surface area contributed by atoms with Crippen LogP contribution in [-0.2, 0) is 48.5 Å². The van der Waals surface area contributed by atoms with Crippen LogP contribution in [0.5, 0.6) is 0 Å². The summed E-state index contributed by atoms with van der Waals surface area (Å²) in [4.78, 5) is 56.3. The third kappa shape index (κ3) is 10.5. The number of hydrogen-bond donors (Lipinski definition) is 2. The van der Waals surface area contributed by atoms with Gasteiger partial charge in [-0.3, -0.25) is 33.5 Å². The van der Waals surface area contributed by atoms with Crippen molar-refractivity contribution >= 4 is 45.9 Å². The average molecular weight is 873 g/mol. The number of para-hydroxylation sites is 1. The maximum atomic E-state index is 14.0. The molecule has 1 aromatic carbocycles. The number of halogens is 4. The van der Waals surface area contributed by atoms with Crippen LogP contribution in [0.4, 0.5) is 29.1 Å². The first-order valence-electron chi connectivity index (χ1n) is 20.4. The Balaban J connectivity index is 0.759. The summed E-state index contributed by atoms with van der Waals surface area (Å²) in [5, 5.41) is 12.8. The number of anilines is 2. The number of amides is 3. The number of fused-ring (bicyclic) bond motifs is 2. The topological polar surface area (TPSA) is 190 Å². The van der Waals surface area contributed by atoms with Crippen LogP contribution in [0.15, 0.2) is 47.7 Å². The molecule has 6 heterocycles. The van der Waals surface area contributed by atoms with E-state index < -0.39 is 42.4 Å². The molecule has 0 radical (unpaired) electrons. The largest absolute Gasteiger partial charge is 0.379 e. The van der Waals surface area contributed by atoms with Crippen molar-refractivity contribution in [2.24, 2.45) is 7.05 Å². The van der Waals surface area contributed by atoms with Gasteiger partial charge in [0.15, 0.2) is 11.3 Å². The Bertz CT molecular complexity index is 2430. The highest BCUT2D eigenvalue weighted by atomic mass is 19.3. The van der Waals surface area contributed by atoms with E-state index in [-0.39, 0.29) is 86.4 Å². The molecule has 334 valence electrons. The number of carbonyl (C=O) groups is 3. The summed E-state index contributed by atoms with van der Waals surface area (Å²) in [6, 6.07) is 6.40. The number of aryl methyl sites for hydroxylation is 2. The highest BCUT2D eigenvalue weighted by molar-refractivity contribution is 6.08. The molecule has 2 fully saturated rings. The molecule has 0 spiro atoms. The van der Waals surface area contributed by atoms with E-state index in [1.165, 1.54) is 43.3 Å². The lowest BCUT2D eigenvalue weighted by atomic mass is 10.0. The van der Waals surface area contributed by atoms with E-state index in [0.717, 1.165) is 11.1 Å². The number of nitrogens with one attached hydrogen (secondary N) is 2. The molecular formula is C40H48F4N10O8. The van der Waals surface area contributed by atoms with Crippen molar-refractivity contribution in [1.82, 2.24) is 38.8 Å². The molecule has 0 aliphatic carbocycles. The summed E-state index contributed by atoms with van der Waals surface area (Å²) >= 11 is 0. The van der Waals surface area contributed by atoms with E-state index in [1.807, 2.05) is 18.2 Å². The summed E-state index contributed by atoms with van der Waals surface area (Å²) in [7, 11) is 1.68. The number of nitrogens with zero attached hydrogens (tertiary/aromatic N) is 8. The highest BCUT2D eigenvalue weighted by Crippen LogP contribution is 2.31. The lowest BCUT2D eigenvalue weighted by Gasteiger charge is -2.33. The third-order valence-electron chi connectivity index (χ3n) is 10.6. The molecule has 1 unspecified atom stereocenters. The van der Waals surface area contributed by atoms with Gasteiger partial charge in [0.25, 0.3) is 18.3 Å². The second kappa shape index (κ2) is 20.0. The Morgan fingerprint density at radius 3 is 2.44 bits per heavy atom. The van der Waals surface area contributed by atoms with Gasteiger partial charge in [-0.05, 0) is 43.4 Å². The normalized spacial score (nSPS) is 16.8. The minimum atomic E-state index is -2.98. The van der Waals surface area contributed by atoms with Crippen LogP contribution in [-0.4, -0.2) is 123 Å². The zero-order chi connectivity index (χ0) is 43.8. The molecule has 5 aromatic rings. The predicted octanol–water partition coefficient (Wildman–Crippen LogP) is 3.68. The molecule has 22 heteroatoms. The third-order valence-corrected chi connectivity index (χ3v) is 10.6. The van der Waals surface area contributed by atoms with Gasteiger partial charge in [-0.15, -0.1) is 0 Å². The van der Waals surface area contributed by atoms with Crippen molar-refractivity contribution in [1.29, 1.82) is 0 Å². The van der Waals surface area contributed by atoms with E-state index in [2.05, 4.69) is 25.8 Å². The molecule has 7 rings (SSSR count). The quantitative estimate of drug-likeness (QED) is 0.0619. The second-order valence-electron chi connectivity index (χ2n) is 15.0. The maximum Gasteiger partial charge on any atom is 0.329 e. The first-order chi connectivity index (χ1) is 29.9. The second-order valence-corrected chi connectivity index (χ2v) is 15.0. The van der Waals surface area contributed by atoms with Gasteiger partial charge in [0.2, 0.25) is 11.8 Å². The molecule has 2 N–H and O–H groups in total. The minimum Gasteiger partial charge on any atom is -0.379 e. The van der Waals surface area contributed by atoms with E-state index >= 15 is 0 Å². The monoisotopic (exact) mass is 872 g/mol. The predicted molar refractivity (Wildman–Crippen MR) is 215 cm³/mol. The summed E-state index contributed by atoms with van der Waals surface area (Å²) < 4.78 is 83.8. The Hall–Kier alpha value is -5.71. The van der Waals surface area contributed by atoms with Crippen molar-refractivity contribution < 1.29 is 50.9 Å². The fourth-order valence-electron chi connectivity index (χ4n) is 7.59. The molecule has 4 aromatic heterocycles. The number of aromatic nitrogens is 7. The molecule has 0 saturated carbocycles. The Kier molecular flexibility index (Phi) is 14.3. The molecule has 0 bridgehead atoms. The minimum absolute atomic E-state index is 0.0256. The summed E-state index contributed by atoms with van der Waals surface area (Å²) in [5.41, 5.74) is 1.28. The number of imidazole rings is 1. The Morgan fingerprint density at radius 2 is 1.73 bits per heavy atom. The number of alkyl halides is 4. The van der Waals surface area contributed by atoms with Crippen LogP contribution < -0.4 is 21.2 Å². The molecule has 2 saturated heterocycles. The molecular weight excluding hydrogens is 824 g/mol. The van der Waals surface area contributed by atoms with Crippen LogP contribution in [0.2, 0.25) is 0 Å². The van der Waals surface area contributed by atoms with Crippen LogP contribution in [0.1, 0.15) is 66.2 Å². The molecule has 1 atom stereocenters. The number of piperidine rings is 2. The van der Waals surface area contributed by atoms with Gasteiger partial charge in [-0.1, -0.05) is 12.1 Å². The zero-order valence-corrected chi connectivity index (χ0v) is 34.1. The summed E-state index contributed by atoms with van der Waals surface area (Å²) in [6.07, 6.45) is 2.88. The molecule has 18 nitrogen and oxygen atoms in total. The fraction of sp³-hybridized carbons (Fsp3) is 0.525. The van der Waals surface area contributed by atoms with E-state index in [1.54, 1.807) is 11.6 Å². The van der Waals surface area contributed by atoms with Gasteiger partial charge in [-0.2, -0.15) is 10.2 Å². The van der Waals surface area contributed by atoms with Crippen molar-refractivity contribution in [3.63, 3.8) is 0 Å². The van der Waals surface area contributed by atoms with Crippen molar-refractivity contribution in [2.75, 3.05) is 76.2 Å². The van der Waals surface area contributed by atoms with Gasteiger partial charge in [0.1, 0.15) is 17.4 Å².